The molecule has 0 aliphatic heterocycles. The molecule has 14 heavy (non-hydrogen) atoms. The molecule has 1 rings (SSSR count). The van der Waals surface area contributed by atoms with Gasteiger partial charge in [0.15, 0.2) is 0 Å². The summed E-state index contributed by atoms with van der Waals surface area (Å²) in [5.41, 5.74) is 1.87. The summed E-state index contributed by atoms with van der Waals surface area (Å²) in [5.74, 6) is 0.244. The summed E-state index contributed by atoms with van der Waals surface area (Å²) in [5, 5.41) is 19.2. The maximum atomic E-state index is 9.62. The highest BCUT2D eigenvalue weighted by Gasteiger charge is 2.13. The Balaban J connectivity index is 3.31. The summed E-state index contributed by atoms with van der Waals surface area (Å²) in [6.45, 7) is 5.48. The molecule has 0 unspecified atom stereocenters. The number of benzene rings is 1. The van der Waals surface area contributed by atoms with Gasteiger partial charge in [0, 0.05) is 11.1 Å². The van der Waals surface area contributed by atoms with E-state index >= 15 is 0 Å². The highest BCUT2D eigenvalue weighted by molar-refractivity contribution is 9.24. The summed E-state index contributed by atoms with van der Waals surface area (Å²) in [6, 6.07) is 3.01. The zero-order valence-corrected chi connectivity index (χ0v) is 10.8. The van der Waals surface area contributed by atoms with E-state index in [0.29, 0.717) is 16.7 Å². The van der Waals surface area contributed by atoms with Crippen LogP contribution in [-0.2, 0) is 0 Å². The Morgan fingerprint density at radius 2 is 1.86 bits per heavy atom. The van der Waals surface area contributed by atoms with Gasteiger partial charge >= 0.3 is 0 Å². The molecule has 0 spiro atoms. The van der Waals surface area contributed by atoms with Crippen molar-refractivity contribution in [2.45, 2.75) is 10.7 Å². The zero-order chi connectivity index (χ0) is 10.9. The molecule has 2 N–H and O–H groups in total. The zero-order valence-electron chi connectivity index (χ0n) is 7.59. The van der Waals surface area contributed by atoms with Gasteiger partial charge in [0.05, 0.1) is 3.74 Å². The predicted octanol–water partition coefficient (Wildman–Crippen LogP) is 3.92. The van der Waals surface area contributed by atoms with Gasteiger partial charge in [-0.3, -0.25) is 0 Å². The summed E-state index contributed by atoms with van der Waals surface area (Å²) < 4.78 is -0.180. The van der Waals surface area contributed by atoms with E-state index in [-0.39, 0.29) is 15.2 Å². The highest BCUT2D eigenvalue weighted by Crippen LogP contribution is 2.40. The van der Waals surface area contributed by atoms with Crippen LogP contribution in [0.15, 0.2) is 18.7 Å². The van der Waals surface area contributed by atoms with Crippen LogP contribution in [0.5, 0.6) is 11.5 Å². The summed E-state index contributed by atoms with van der Waals surface area (Å²) >= 11 is 6.50. The number of rotatable bonds is 2. The second-order valence-corrected chi connectivity index (χ2v) is 6.07. The molecule has 0 aliphatic carbocycles. The van der Waals surface area contributed by atoms with E-state index in [1.54, 1.807) is 6.92 Å². The fourth-order valence-corrected chi connectivity index (χ4v) is 1.84. The summed E-state index contributed by atoms with van der Waals surface area (Å²) in [7, 11) is 0. The molecule has 4 heteroatoms. The van der Waals surface area contributed by atoms with Crippen molar-refractivity contribution < 1.29 is 10.2 Å². The lowest BCUT2D eigenvalue weighted by Gasteiger charge is -2.10. The SMILES string of the molecule is C=C(C)c1cc(O)c(C(Br)Br)cc1O. The molecule has 1 aromatic rings. The van der Waals surface area contributed by atoms with Crippen LogP contribution < -0.4 is 0 Å². The molecule has 0 radical (unpaired) electrons. The number of halogens is 2. The van der Waals surface area contributed by atoms with Crippen molar-refractivity contribution in [1.82, 2.24) is 0 Å². The number of phenolic OH excluding ortho intramolecular Hbond substituents is 2. The molecule has 0 heterocycles. The molecule has 0 aliphatic rings. The van der Waals surface area contributed by atoms with E-state index in [4.69, 9.17) is 0 Å². The number of phenols is 2. The Morgan fingerprint density at radius 3 is 2.29 bits per heavy atom. The number of allylic oxidation sites excluding steroid dienone is 1. The van der Waals surface area contributed by atoms with Crippen LogP contribution in [0, 0.1) is 0 Å². The van der Waals surface area contributed by atoms with Crippen LogP contribution in [-0.4, -0.2) is 10.2 Å². The Hall–Kier alpha value is -0.480. The lowest BCUT2D eigenvalue weighted by molar-refractivity contribution is 0.455. The molecule has 0 saturated carbocycles. The Bertz CT molecular complexity index is 373. The lowest BCUT2D eigenvalue weighted by Crippen LogP contribution is -1.86. The first-order chi connectivity index (χ1) is 6.43. The van der Waals surface area contributed by atoms with Gasteiger partial charge in [0.25, 0.3) is 0 Å². The van der Waals surface area contributed by atoms with Crippen molar-refractivity contribution in [3.8, 4) is 11.5 Å². The van der Waals surface area contributed by atoms with Gasteiger partial charge in [0.1, 0.15) is 11.5 Å². The van der Waals surface area contributed by atoms with Gasteiger partial charge in [-0.2, -0.15) is 0 Å². The van der Waals surface area contributed by atoms with E-state index in [1.807, 2.05) is 0 Å². The third kappa shape index (κ3) is 2.30. The summed E-state index contributed by atoms with van der Waals surface area (Å²) in [4.78, 5) is 0. The first kappa shape index (κ1) is 11.6. The van der Waals surface area contributed by atoms with Crippen LogP contribution >= 0.6 is 31.9 Å². The first-order valence-corrected chi connectivity index (χ1v) is 5.76. The van der Waals surface area contributed by atoms with Crippen molar-refractivity contribution >= 4 is 37.4 Å². The third-order valence-corrected chi connectivity index (χ3v) is 2.83. The second-order valence-electron chi connectivity index (χ2n) is 3.01. The van der Waals surface area contributed by atoms with E-state index < -0.39 is 0 Å². The fraction of sp³-hybridized carbons (Fsp3) is 0.200. The van der Waals surface area contributed by atoms with Crippen LogP contribution in [0.2, 0.25) is 0 Å². The average Bonchev–Trinajstić information content (AvgIpc) is 2.07. The molecule has 0 atom stereocenters. The molecule has 0 aromatic heterocycles. The van der Waals surface area contributed by atoms with Crippen molar-refractivity contribution in [2.75, 3.05) is 0 Å². The predicted molar refractivity (Wildman–Crippen MR) is 65.1 cm³/mol. The standard InChI is InChI=1S/C10H10Br2O2/c1-5(2)6-3-9(14)7(10(11)12)4-8(6)13/h3-4,10,13-14H,1H2,2H3. The number of hydrogen-bond donors (Lipinski definition) is 2. The largest absolute Gasteiger partial charge is 0.508 e. The number of aromatic hydroxyl groups is 2. The average molecular weight is 322 g/mol. The molecule has 76 valence electrons. The van der Waals surface area contributed by atoms with Gasteiger partial charge in [-0.1, -0.05) is 38.4 Å². The van der Waals surface area contributed by atoms with Crippen molar-refractivity contribution in [1.29, 1.82) is 0 Å². The Labute approximate surface area is 99.5 Å². The molecular formula is C10H10Br2O2. The molecule has 0 bridgehead atoms. The van der Waals surface area contributed by atoms with Crippen LogP contribution in [0.4, 0.5) is 0 Å². The van der Waals surface area contributed by atoms with Crippen molar-refractivity contribution in [3.05, 3.63) is 29.8 Å². The molecule has 1 aromatic carbocycles. The van der Waals surface area contributed by atoms with Crippen molar-refractivity contribution in [2.24, 2.45) is 0 Å². The molecule has 0 saturated heterocycles. The monoisotopic (exact) mass is 320 g/mol. The van der Waals surface area contributed by atoms with Crippen LogP contribution in [0.1, 0.15) is 21.8 Å². The Morgan fingerprint density at radius 1 is 1.29 bits per heavy atom. The summed E-state index contributed by atoms with van der Waals surface area (Å²) in [6.07, 6.45) is 0. The normalized spacial score (nSPS) is 10.6. The van der Waals surface area contributed by atoms with E-state index in [9.17, 15) is 10.2 Å². The minimum atomic E-state index is -0.180. The van der Waals surface area contributed by atoms with E-state index in [1.165, 1.54) is 12.1 Å². The van der Waals surface area contributed by atoms with Crippen molar-refractivity contribution in [3.63, 3.8) is 0 Å². The molecule has 0 amide bonds. The topological polar surface area (TPSA) is 40.5 Å². The van der Waals surface area contributed by atoms with Gasteiger partial charge in [-0.25, -0.2) is 0 Å². The van der Waals surface area contributed by atoms with Crippen LogP contribution in [0.3, 0.4) is 0 Å². The quantitative estimate of drug-likeness (QED) is 0.640. The smallest absolute Gasteiger partial charge is 0.123 e. The minimum absolute atomic E-state index is 0.120. The fourth-order valence-electron chi connectivity index (χ4n) is 1.11. The Kier molecular flexibility index (Phi) is 3.61. The van der Waals surface area contributed by atoms with E-state index in [2.05, 4.69) is 38.4 Å². The first-order valence-electron chi connectivity index (χ1n) is 3.93. The highest BCUT2D eigenvalue weighted by atomic mass is 79.9. The minimum Gasteiger partial charge on any atom is -0.508 e. The van der Waals surface area contributed by atoms with Gasteiger partial charge in [-0.15, -0.1) is 0 Å². The second kappa shape index (κ2) is 4.36. The number of hydrogen-bond acceptors (Lipinski definition) is 2. The van der Waals surface area contributed by atoms with E-state index in [0.717, 1.165) is 0 Å². The van der Waals surface area contributed by atoms with Gasteiger partial charge in [0.2, 0.25) is 0 Å². The maximum Gasteiger partial charge on any atom is 0.123 e. The molecular weight excluding hydrogens is 312 g/mol. The molecule has 0 fully saturated rings. The maximum absolute atomic E-state index is 9.62. The van der Waals surface area contributed by atoms with Crippen LogP contribution in [0.25, 0.3) is 5.57 Å². The van der Waals surface area contributed by atoms with Gasteiger partial charge < -0.3 is 10.2 Å². The van der Waals surface area contributed by atoms with Gasteiger partial charge in [-0.05, 0) is 24.6 Å². The number of alkyl halides is 2. The third-order valence-electron chi connectivity index (χ3n) is 1.84. The lowest BCUT2D eigenvalue weighted by atomic mass is 10.0. The molecule has 2 nitrogen and oxygen atoms in total.